The summed E-state index contributed by atoms with van der Waals surface area (Å²) in [6, 6.07) is -0.0600. The largest absolute Gasteiger partial charge is 0.446 e. The third-order valence-corrected chi connectivity index (χ3v) is 8.68. The van der Waals surface area contributed by atoms with E-state index in [-0.39, 0.29) is 54.3 Å². The summed E-state index contributed by atoms with van der Waals surface area (Å²) in [5.41, 5.74) is 0.275. The number of aliphatic hydroxyl groups excluding tert-OH is 1. The minimum atomic E-state index is -0.664. The van der Waals surface area contributed by atoms with Crippen LogP contribution in [0.25, 0.3) is 0 Å². The summed E-state index contributed by atoms with van der Waals surface area (Å²) in [6.45, 7) is 14.8. The van der Waals surface area contributed by atoms with E-state index in [9.17, 15) is 14.7 Å². The highest BCUT2D eigenvalue weighted by Crippen LogP contribution is 2.46. The van der Waals surface area contributed by atoms with Gasteiger partial charge < -0.3 is 39.0 Å². The summed E-state index contributed by atoms with van der Waals surface area (Å²) in [7, 11) is 0. The summed E-state index contributed by atoms with van der Waals surface area (Å²) < 4.78 is 28.8. The first-order valence-electron chi connectivity index (χ1n) is 15.2. The Labute approximate surface area is 244 Å². The third kappa shape index (κ3) is 8.76. The standard InChI is InChI=1S/C31H50N2O8/c1-20(8-11-26-28(35)31(19-38-31)18-30(5,6)41-26)7-10-25-21(2)17-24(23(4)40-25)32-27(34)12-9-22(3)39-29(36)33-13-15-37-16-14-33/h7-8,11,21-26,28,35H,9-10,12-19H2,1-6H3,(H,32,34)/b11-8+,20-7+/t21-,22-,23+,24+,25-,26+,28+,31+/m0/s1. The van der Waals surface area contributed by atoms with Gasteiger partial charge in [0, 0.05) is 25.9 Å². The van der Waals surface area contributed by atoms with Crippen LogP contribution in [0.2, 0.25) is 0 Å². The molecular formula is C31H50N2O8. The normalized spacial score (nSPS) is 36.3. The molecule has 4 aliphatic rings. The van der Waals surface area contributed by atoms with Crippen molar-refractivity contribution in [3.05, 3.63) is 23.8 Å². The van der Waals surface area contributed by atoms with Crippen LogP contribution in [0.3, 0.4) is 0 Å². The Bertz CT molecular complexity index is 971. The molecule has 0 aromatic heterocycles. The van der Waals surface area contributed by atoms with Gasteiger partial charge in [-0.1, -0.05) is 30.7 Å². The van der Waals surface area contributed by atoms with Crippen molar-refractivity contribution in [2.75, 3.05) is 32.9 Å². The van der Waals surface area contributed by atoms with Crippen molar-refractivity contribution in [3.63, 3.8) is 0 Å². The Morgan fingerprint density at radius 3 is 2.61 bits per heavy atom. The van der Waals surface area contributed by atoms with Gasteiger partial charge in [0.15, 0.2) is 0 Å². The van der Waals surface area contributed by atoms with E-state index in [0.717, 1.165) is 18.4 Å². The Morgan fingerprint density at radius 1 is 1.22 bits per heavy atom. The molecule has 4 fully saturated rings. The molecule has 1 spiro atoms. The van der Waals surface area contributed by atoms with E-state index in [2.05, 4.69) is 18.3 Å². The Morgan fingerprint density at radius 2 is 1.93 bits per heavy atom. The lowest BCUT2D eigenvalue weighted by Gasteiger charge is -2.41. The van der Waals surface area contributed by atoms with E-state index < -0.39 is 17.8 Å². The number of amides is 2. The van der Waals surface area contributed by atoms with Gasteiger partial charge in [-0.3, -0.25) is 4.79 Å². The first-order valence-corrected chi connectivity index (χ1v) is 15.2. The Hall–Kier alpha value is -1.98. The number of allylic oxidation sites excluding steroid dienone is 2. The van der Waals surface area contributed by atoms with Crippen LogP contribution in [0.5, 0.6) is 0 Å². The van der Waals surface area contributed by atoms with Crippen molar-refractivity contribution in [2.24, 2.45) is 5.92 Å². The van der Waals surface area contributed by atoms with E-state index in [1.807, 2.05) is 46.8 Å². The van der Waals surface area contributed by atoms with E-state index in [1.54, 1.807) is 4.90 Å². The molecule has 4 aliphatic heterocycles. The van der Waals surface area contributed by atoms with Gasteiger partial charge in [-0.05, 0) is 59.8 Å². The zero-order valence-electron chi connectivity index (χ0n) is 25.6. The molecule has 0 radical (unpaired) electrons. The first-order chi connectivity index (χ1) is 19.4. The van der Waals surface area contributed by atoms with E-state index >= 15 is 0 Å². The molecule has 0 bridgehead atoms. The summed E-state index contributed by atoms with van der Waals surface area (Å²) in [6.07, 6.45) is 7.34. The zero-order chi connectivity index (χ0) is 29.8. The SMILES string of the molecule is CC(/C=C/[C@H]1OC(C)(C)C[C@@]2(CO2)[C@@H]1O)=C\C[C@@H]1O[C@H](C)[C@H](NC(=O)CC[C@H](C)OC(=O)N2CCOCC2)C[C@@H]1C. The predicted octanol–water partition coefficient (Wildman–Crippen LogP) is 3.51. The molecule has 232 valence electrons. The molecule has 0 aliphatic carbocycles. The van der Waals surface area contributed by atoms with Crippen molar-refractivity contribution in [3.8, 4) is 0 Å². The quantitative estimate of drug-likeness (QED) is 0.315. The summed E-state index contributed by atoms with van der Waals surface area (Å²) in [4.78, 5) is 26.6. The minimum Gasteiger partial charge on any atom is -0.446 e. The minimum absolute atomic E-state index is 0.0553. The number of hydrogen-bond acceptors (Lipinski definition) is 8. The highest BCUT2D eigenvalue weighted by Gasteiger charge is 2.60. The lowest BCUT2D eigenvalue weighted by atomic mass is 9.83. The number of nitrogens with zero attached hydrogens (tertiary/aromatic N) is 1. The highest BCUT2D eigenvalue weighted by molar-refractivity contribution is 5.76. The Kier molecular flexibility index (Phi) is 10.6. The second-order valence-corrected chi connectivity index (χ2v) is 13.0. The lowest BCUT2D eigenvalue weighted by Crippen LogP contribution is -2.53. The number of carbonyl (C=O) groups is 2. The van der Waals surface area contributed by atoms with Crippen molar-refractivity contribution in [1.82, 2.24) is 10.2 Å². The number of aliphatic hydroxyl groups is 1. The van der Waals surface area contributed by atoms with Gasteiger partial charge >= 0.3 is 6.09 Å². The van der Waals surface area contributed by atoms with Gasteiger partial charge in [-0.2, -0.15) is 0 Å². The Balaban J connectivity index is 1.18. The maximum Gasteiger partial charge on any atom is 0.410 e. The predicted molar refractivity (Wildman–Crippen MR) is 153 cm³/mol. The van der Waals surface area contributed by atoms with Crippen LogP contribution in [-0.4, -0.2) is 103 Å². The van der Waals surface area contributed by atoms with Crippen LogP contribution in [0.1, 0.15) is 73.6 Å². The molecule has 0 aromatic carbocycles. The molecule has 10 heteroatoms. The van der Waals surface area contributed by atoms with E-state index in [1.165, 1.54) is 0 Å². The number of ether oxygens (including phenoxy) is 5. The average molecular weight is 579 g/mol. The van der Waals surface area contributed by atoms with E-state index in [4.69, 9.17) is 23.7 Å². The molecule has 4 saturated heterocycles. The molecule has 0 saturated carbocycles. The van der Waals surface area contributed by atoms with Gasteiger partial charge in [-0.25, -0.2) is 4.79 Å². The molecule has 10 nitrogen and oxygen atoms in total. The number of morpholine rings is 1. The number of carbonyl (C=O) groups excluding carboxylic acids is 2. The first kappa shape index (κ1) is 31.9. The summed E-state index contributed by atoms with van der Waals surface area (Å²) >= 11 is 0. The second kappa shape index (κ2) is 13.5. The number of epoxide rings is 1. The topological polar surface area (TPSA) is 119 Å². The molecule has 41 heavy (non-hydrogen) atoms. The fourth-order valence-electron chi connectivity index (χ4n) is 6.10. The smallest absolute Gasteiger partial charge is 0.410 e. The maximum absolute atomic E-state index is 12.7. The van der Waals surface area contributed by atoms with Gasteiger partial charge in [0.05, 0.1) is 43.7 Å². The maximum atomic E-state index is 12.7. The molecule has 2 N–H and O–H groups in total. The second-order valence-electron chi connectivity index (χ2n) is 13.0. The van der Waals surface area contributed by atoms with Crippen LogP contribution >= 0.6 is 0 Å². The monoisotopic (exact) mass is 578 g/mol. The number of rotatable bonds is 9. The van der Waals surface area contributed by atoms with Crippen LogP contribution < -0.4 is 5.32 Å². The van der Waals surface area contributed by atoms with Crippen LogP contribution in [0, 0.1) is 5.92 Å². The lowest BCUT2D eigenvalue weighted by molar-refractivity contribution is -0.171. The third-order valence-electron chi connectivity index (χ3n) is 8.68. The fourth-order valence-corrected chi connectivity index (χ4v) is 6.10. The van der Waals surface area contributed by atoms with Crippen molar-refractivity contribution < 1.29 is 38.4 Å². The van der Waals surface area contributed by atoms with Crippen molar-refractivity contribution >= 4 is 12.0 Å². The van der Waals surface area contributed by atoms with Gasteiger partial charge in [0.2, 0.25) is 5.91 Å². The summed E-state index contributed by atoms with van der Waals surface area (Å²) in [5.74, 6) is 0.217. The van der Waals surface area contributed by atoms with Gasteiger partial charge in [0.25, 0.3) is 0 Å². The molecular weight excluding hydrogens is 528 g/mol. The van der Waals surface area contributed by atoms with Crippen LogP contribution in [-0.2, 0) is 28.5 Å². The van der Waals surface area contributed by atoms with Crippen molar-refractivity contribution in [1.29, 1.82) is 0 Å². The molecule has 0 unspecified atom stereocenters. The number of nitrogens with one attached hydrogen (secondary N) is 1. The zero-order valence-corrected chi connectivity index (χ0v) is 25.6. The van der Waals surface area contributed by atoms with Crippen LogP contribution in [0.15, 0.2) is 23.8 Å². The highest BCUT2D eigenvalue weighted by atomic mass is 16.6. The van der Waals surface area contributed by atoms with Crippen molar-refractivity contribution in [2.45, 2.75) is 121 Å². The molecule has 8 atom stereocenters. The van der Waals surface area contributed by atoms with Crippen LogP contribution in [0.4, 0.5) is 4.79 Å². The van der Waals surface area contributed by atoms with Gasteiger partial charge in [0.1, 0.15) is 23.9 Å². The summed E-state index contributed by atoms with van der Waals surface area (Å²) in [5, 5.41) is 13.9. The molecule has 2 amide bonds. The fraction of sp³-hybridized carbons (Fsp3) is 0.806. The van der Waals surface area contributed by atoms with Gasteiger partial charge in [-0.15, -0.1) is 0 Å². The van der Waals surface area contributed by atoms with E-state index in [0.29, 0.717) is 45.8 Å². The molecule has 4 heterocycles. The number of hydrogen-bond donors (Lipinski definition) is 2. The molecule has 4 rings (SSSR count). The molecule has 0 aromatic rings. The average Bonchev–Trinajstić information content (AvgIpc) is 3.69.